The summed E-state index contributed by atoms with van der Waals surface area (Å²) in [5, 5.41) is 0. The monoisotopic (exact) mass is 399 g/mol. The third-order valence-corrected chi connectivity index (χ3v) is 7.45. The Morgan fingerprint density at radius 2 is 1.78 bits per heavy atom. The molecule has 8 heteroatoms. The molecule has 27 heavy (non-hydrogen) atoms. The fourth-order valence-corrected chi connectivity index (χ4v) is 6.26. The number of fused-ring (bicyclic) bond motifs is 1. The number of carbonyl (C=O) groups is 2. The largest absolute Gasteiger partial charge is 0.337 e. The number of likely N-dealkylation sites (tertiary alicyclic amines) is 2. The normalized spacial score (nSPS) is 29.9. The third kappa shape index (κ3) is 4.31. The maximum atomic E-state index is 12.9. The predicted molar refractivity (Wildman–Crippen MR) is 104 cm³/mol. The molecule has 3 heterocycles. The van der Waals surface area contributed by atoms with Gasteiger partial charge in [0.1, 0.15) is 0 Å². The van der Waals surface area contributed by atoms with Gasteiger partial charge in [-0.3, -0.25) is 9.59 Å². The van der Waals surface area contributed by atoms with Gasteiger partial charge >= 0.3 is 0 Å². The lowest BCUT2D eigenvalue weighted by Gasteiger charge is -2.28. The van der Waals surface area contributed by atoms with E-state index >= 15 is 0 Å². The Morgan fingerprint density at radius 3 is 2.37 bits per heavy atom. The first-order chi connectivity index (χ1) is 12.8. The second-order valence-corrected chi connectivity index (χ2v) is 10.1. The fraction of sp³-hybridized carbons (Fsp3) is 0.895. The Morgan fingerprint density at radius 1 is 1.11 bits per heavy atom. The lowest BCUT2D eigenvalue weighted by molar-refractivity contribution is -0.134. The Kier molecular flexibility index (Phi) is 6.46. The molecule has 3 fully saturated rings. The van der Waals surface area contributed by atoms with E-state index in [9.17, 15) is 18.0 Å². The van der Waals surface area contributed by atoms with Crippen molar-refractivity contribution < 1.29 is 18.0 Å². The summed E-state index contributed by atoms with van der Waals surface area (Å²) < 4.78 is 25.4. The number of hydrogen-bond donors (Lipinski definition) is 0. The molecule has 0 radical (unpaired) electrons. The number of carbonyl (C=O) groups excluding carboxylic acids is 2. The van der Waals surface area contributed by atoms with Gasteiger partial charge in [0.05, 0.1) is 24.3 Å². The van der Waals surface area contributed by atoms with Crippen LogP contribution in [0.25, 0.3) is 0 Å². The van der Waals surface area contributed by atoms with E-state index in [4.69, 9.17) is 0 Å². The van der Waals surface area contributed by atoms with Crippen LogP contribution in [0, 0.1) is 5.92 Å². The van der Waals surface area contributed by atoms with Crippen molar-refractivity contribution in [3.63, 3.8) is 0 Å². The van der Waals surface area contributed by atoms with Crippen molar-refractivity contribution in [2.45, 2.75) is 70.4 Å². The summed E-state index contributed by atoms with van der Waals surface area (Å²) in [6, 6.07) is -0.671. The predicted octanol–water partition coefficient (Wildman–Crippen LogP) is 1.44. The average Bonchev–Trinajstić information content (AvgIpc) is 2.99. The van der Waals surface area contributed by atoms with E-state index < -0.39 is 10.0 Å². The van der Waals surface area contributed by atoms with Crippen molar-refractivity contribution in [2.24, 2.45) is 5.92 Å². The van der Waals surface area contributed by atoms with Crippen molar-refractivity contribution in [1.82, 2.24) is 14.1 Å². The molecule has 3 rings (SSSR count). The molecule has 0 spiro atoms. The van der Waals surface area contributed by atoms with Crippen LogP contribution in [0.1, 0.15) is 58.3 Å². The zero-order valence-electron chi connectivity index (χ0n) is 16.6. The van der Waals surface area contributed by atoms with Crippen LogP contribution in [0.4, 0.5) is 0 Å². The van der Waals surface area contributed by atoms with E-state index in [0.29, 0.717) is 25.8 Å². The van der Waals surface area contributed by atoms with Gasteiger partial charge < -0.3 is 9.80 Å². The summed E-state index contributed by atoms with van der Waals surface area (Å²) in [4.78, 5) is 29.9. The van der Waals surface area contributed by atoms with Crippen LogP contribution in [0.3, 0.4) is 0 Å². The minimum Gasteiger partial charge on any atom is -0.337 e. The molecule has 0 saturated carbocycles. The van der Waals surface area contributed by atoms with Crippen molar-refractivity contribution in [1.29, 1.82) is 0 Å². The molecule has 0 aromatic heterocycles. The van der Waals surface area contributed by atoms with E-state index in [1.807, 2.05) is 11.8 Å². The quantitative estimate of drug-likeness (QED) is 0.675. The summed E-state index contributed by atoms with van der Waals surface area (Å²) in [5.74, 6) is -0.644. The van der Waals surface area contributed by atoms with E-state index in [1.54, 1.807) is 0 Å². The molecule has 2 amide bonds. The van der Waals surface area contributed by atoms with Gasteiger partial charge in [-0.1, -0.05) is 26.2 Å². The molecule has 0 aliphatic carbocycles. The maximum absolute atomic E-state index is 12.9. The van der Waals surface area contributed by atoms with E-state index in [0.717, 1.165) is 36.6 Å². The molecule has 3 saturated heterocycles. The highest BCUT2D eigenvalue weighted by Gasteiger charge is 2.56. The van der Waals surface area contributed by atoms with Gasteiger partial charge in [-0.15, -0.1) is 0 Å². The van der Waals surface area contributed by atoms with E-state index in [1.165, 1.54) is 25.7 Å². The lowest BCUT2D eigenvalue weighted by atomic mass is 9.94. The molecular formula is C19H33N3O4S. The van der Waals surface area contributed by atoms with Crippen LogP contribution in [-0.4, -0.2) is 78.9 Å². The first-order valence-electron chi connectivity index (χ1n) is 10.4. The van der Waals surface area contributed by atoms with Crippen LogP contribution in [0.5, 0.6) is 0 Å². The Labute approximate surface area is 163 Å². The summed E-state index contributed by atoms with van der Waals surface area (Å²) in [5.41, 5.74) is 0. The first-order valence-corrected chi connectivity index (χ1v) is 12.2. The lowest BCUT2D eigenvalue weighted by Crippen LogP contribution is -2.44. The van der Waals surface area contributed by atoms with Gasteiger partial charge in [0.15, 0.2) is 0 Å². The van der Waals surface area contributed by atoms with Crippen LogP contribution in [0.15, 0.2) is 0 Å². The number of nitrogens with zero attached hydrogens (tertiary/aromatic N) is 3. The molecular weight excluding hydrogens is 366 g/mol. The number of sulfonamides is 1. The van der Waals surface area contributed by atoms with E-state index in [-0.39, 0.29) is 29.8 Å². The zero-order valence-corrected chi connectivity index (χ0v) is 17.4. The number of hydrogen-bond acceptors (Lipinski definition) is 5. The SMILES string of the molecule is CCC[C@H]1C(=O)N(S(C)(=O)=O)[C@H]2CCN(C(=O)CCN3CCCCCC3)[C@H]12. The summed E-state index contributed by atoms with van der Waals surface area (Å²) in [6.07, 6.45) is 8.45. The van der Waals surface area contributed by atoms with Gasteiger partial charge in [0, 0.05) is 19.5 Å². The second-order valence-electron chi connectivity index (χ2n) is 8.23. The van der Waals surface area contributed by atoms with Crippen LogP contribution < -0.4 is 0 Å². The minimum atomic E-state index is -3.60. The van der Waals surface area contributed by atoms with Crippen molar-refractivity contribution >= 4 is 21.8 Å². The van der Waals surface area contributed by atoms with Gasteiger partial charge in [0.2, 0.25) is 21.8 Å². The number of rotatable bonds is 6. The Bertz CT molecular complexity index is 658. The van der Waals surface area contributed by atoms with Crippen molar-refractivity contribution in [3.8, 4) is 0 Å². The van der Waals surface area contributed by atoms with Crippen molar-refractivity contribution in [2.75, 3.05) is 32.4 Å². The molecule has 0 bridgehead atoms. The molecule has 7 nitrogen and oxygen atoms in total. The third-order valence-electron chi connectivity index (χ3n) is 6.29. The topological polar surface area (TPSA) is 78.0 Å². The first kappa shape index (κ1) is 20.6. The highest BCUT2D eigenvalue weighted by molar-refractivity contribution is 7.88. The second kappa shape index (κ2) is 8.47. The standard InChI is InChI=1S/C19H33N3O4S/c1-3-8-15-18-16(22(19(15)24)27(2,25)26)9-14-21(18)17(23)10-13-20-11-6-4-5-7-12-20/h15-16,18H,3-14H2,1-2H3/t15-,16+,18-/m1/s1. The average molecular weight is 400 g/mol. The van der Waals surface area contributed by atoms with Crippen LogP contribution in [0.2, 0.25) is 0 Å². The van der Waals surface area contributed by atoms with Gasteiger partial charge in [-0.25, -0.2) is 12.7 Å². The van der Waals surface area contributed by atoms with Crippen LogP contribution >= 0.6 is 0 Å². The van der Waals surface area contributed by atoms with Crippen LogP contribution in [-0.2, 0) is 19.6 Å². The Hall–Kier alpha value is -1.15. The minimum absolute atomic E-state index is 0.0657. The molecule has 0 N–H and O–H groups in total. The molecule has 154 valence electrons. The smallest absolute Gasteiger partial charge is 0.241 e. The van der Waals surface area contributed by atoms with Gasteiger partial charge in [-0.05, 0) is 38.8 Å². The molecule has 3 aliphatic heterocycles. The fourth-order valence-electron chi connectivity index (χ4n) is 5.08. The van der Waals surface area contributed by atoms with Gasteiger partial charge in [-0.2, -0.15) is 0 Å². The zero-order chi connectivity index (χ0) is 19.6. The molecule has 3 aliphatic rings. The van der Waals surface area contributed by atoms with Crippen molar-refractivity contribution in [3.05, 3.63) is 0 Å². The maximum Gasteiger partial charge on any atom is 0.241 e. The molecule has 0 aromatic carbocycles. The van der Waals surface area contributed by atoms with E-state index in [2.05, 4.69) is 4.90 Å². The highest BCUT2D eigenvalue weighted by atomic mass is 32.2. The molecule has 0 unspecified atom stereocenters. The summed E-state index contributed by atoms with van der Waals surface area (Å²) in [6.45, 7) is 5.41. The number of amides is 2. The summed E-state index contributed by atoms with van der Waals surface area (Å²) in [7, 11) is -3.60. The molecule has 0 aromatic rings. The molecule has 3 atom stereocenters. The Balaban J connectivity index is 1.69. The van der Waals surface area contributed by atoms with Gasteiger partial charge in [0.25, 0.3) is 0 Å². The highest BCUT2D eigenvalue weighted by Crippen LogP contribution is 2.40. The summed E-state index contributed by atoms with van der Waals surface area (Å²) >= 11 is 0.